The highest BCUT2D eigenvalue weighted by molar-refractivity contribution is 6.04. The molecule has 1 aromatic rings. The van der Waals surface area contributed by atoms with E-state index in [0.717, 1.165) is 12.8 Å². The summed E-state index contributed by atoms with van der Waals surface area (Å²) in [5, 5.41) is 2.76. The van der Waals surface area contributed by atoms with Crippen LogP contribution in [0.3, 0.4) is 0 Å². The molecule has 0 bridgehead atoms. The number of amides is 1. The second kappa shape index (κ2) is 9.91. The number of aliphatic imine (C=N–C) groups is 1. The monoisotopic (exact) mass is 348 g/mol. The quantitative estimate of drug-likeness (QED) is 0.441. The van der Waals surface area contributed by atoms with Crippen LogP contribution in [-0.2, 0) is 4.74 Å². The molecule has 0 unspecified atom stereocenters. The zero-order valence-electron chi connectivity index (χ0n) is 15.3. The summed E-state index contributed by atoms with van der Waals surface area (Å²) in [6.07, 6.45) is 4.50. The Morgan fingerprint density at radius 1 is 1.24 bits per heavy atom. The molecule has 0 atom stereocenters. The Morgan fingerprint density at radius 2 is 2.04 bits per heavy atom. The number of ether oxygens (including phenoxy) is 3. The van der Waals surface area contributed by atoms with Crippen LogP contribution in [0.5, 0.6) is 11.5 Å². The number of nitrogens with zero attached hydrogens (tertiary/aromatic N) is 1. The van der Waals surface area contributed by atoms with Crippen molar-refractivity contribution in [3.63, 3.8) is 0 Å². The molecule has 1 heterocycles. The lowest BCUT2D eigenvalue weighted by Gasteiger charge is -2.12. The molecule has 138 valence electrons. The highest BCUT2D eigenvalue weighted by Gasteiger charge is 2.17. The van der Waals surface area contributed by atoms with E-state index in [1.807, 2.05) is 0 Å². The lowest BCUT2D eigenvalue weighted by molar-refractivity contribution is 0.0962. The Kier molecular flexibility index (Phi) is 7.57. The molecular weight excluding hydrogens is 320 g/mol. The van der Waals surface area contributed by atoms with Crippen molar-refractivity contribution in [1.29, 1.82) is 0 Å². The van der Waals surface area contributed by atoms with E-state index < -0.39 is 0 Å². The normalized spacial score (nSPS) is 13.2. The number of nitrogens with one attached hydrogen (secondary N) is 1. The maximum absolute atomic E-state index is 12.5. The number of unbranched alkanes of at least 4 members (excludes halogenated alkanes) is 3. The molecule has 6 nitrogen and oxygen atoms in total. The van der Waals surface area contributed by atoms with Crippen molar-refractivity contribution in [1.82, 2.24) is 5.32 Å². The van der Waals surface area contributed by atoms with E-state index in [1.54, 1.807) is 18.2 Å². The third-order valence-electron chi connectivity index (χ3n) is 3.68. The number of benzene rings is 1. The lowest BCUT2D eigenvalue weighted by Crippen LogP contribution is -2.33. The van der Waals surface area contributed by atoms with Gasteiger partial charge in [-0.2, -0.15) is 0 Å². The minimum atomic E-state index is -0.269. The third kappa shape index (κ3) is 6.29. The van der Waals surface area contributed by atoms with Crippen molar-refractivity contribution in [2.75, 3.05) is 19.9 Å². The van der Waals surface area contributed by atoms with Gasteiger partial charge in [-0.05, 0) is 30.5 Å². The fourth-order valence-corrected chi connectivity index (χ4v) is 2.29. The molecule has 1 amide bonds. The maximum Gasteiger partial charge on any atom is 0.291 e. The molecule has 0 radical (unpaired) electrons. The molecule has 0 saturated heterocycles. The Bertz CT molecular complexity index is 599. The molecule has 25 heavy (non-hydrogen) atoms. The van der Waals surface area contributed by atoms with Crippen molar-refractivity contribution >= 4 is 11.9 Å². The Morgan fingerprint density at radius 3 is 2.80 bits per heavy atom. The van der Waals surface area contributed by atoms with Crippen LogP contribution < -0.4 is 14.8 Å². The van der Waals surface area contributed by atoms with Gasteiger partial charge in [0.05, 0.1) is 6.61 Å². The van der Waals surface area contributed by atoms with Crippen LogP contribution in [0.25, 0.3) is 0 Å². The number of carbonyl (C=O) groups is 1. The van der Waals surface area contributed by atoms with Gasteiger partial charge >= 0.3 is 0 Å². The van der Waals surface area contributed by atoms with Crippen LogP contribution in [0.4, 0.5) is 0 Å². The number of fused-ring (bicyclic) bond motifs is 1. The van der Waals surface area contributed by atoms with Gasteiger partial charge in [-0.15, -0.1) is 0 Å². The molecule has 1 aliphatic heterocycles. The highest BCUT2D eigenvalue weighted by Crippen LogP contribution is 2.32. The smallest absolute Gasteiger partial charge is 0.291 e. The second-order valence-corrected chi connectivity index (χ2v) is 6.47. The van der Waals surface area contributed by atoms with E-state index in [0.29, 0.717) is 36.1 Å². The average Bonchev–Trinajstić information content (AvgIpc) is 3.06. The molecule has 6 heteroatoms. The van der Waals surface area contributed by atoms with Crippen LogP contribution >= 0.6 is 0 Å². The number of rotatable bonds is 8. The van der Waals surface area contributed by atoms with Crippen LogP contribution in [0.2, 0.25) is 0 Å². The molecule has 0 spiro atoms. The lowest BCUT2D eigenvalue weighted by atomic mass is 10.2. The Labute approximate surface area is 149 Å². The van der Waals surface area contributed by atoms with Crippen molar-refractivity contribution in [2.45, 2.75) is 46.5 Å². The van der Waals surface area contributed by atoms with Gasteiger partial charge in [0.1, 0.15) is 0 Å². The minimum Gasteiger partial charge on any atom is -0.465 e. The van der Waals surface area contributed by atoms with Crippen LogP contribution in [0.15, 0.2) is 23.2 Å². The molecule has 0 fully saturated rings. The zero-order chi connectivity index (χ0) is 18.1. The average molecular weight is 348 g/mol. The highest BCUT2D eigenvalue weighted by atomic mass is 16.7. The standard InChI is InChI=1S/C19H28N2O4/c1-4-5-6-7-10-20-19(23-12-14(2)3)21-18(22)15-8-9-16-17(11-15)25-13-24-16/h8-9,11,14H,4-7,10,12-13H2,1-3H3,(H,20,21,22). The van der Waals surface area contributed by atoms with Gasteiger partial charge in [-0.1, -0.05) is 40.0 Å². The number of amidine groups is 1. The summed E-state index contributed by atoms with van der Waals surface area (Å²) >= 11 is 0. The Hall–Kier alpha value is -2.24. The summed E-state index contributed by atoms with van der Waals surface area (Å²) in [6, 6.07) is 5.38. The van der Waals surface area contributed by atoms with E-state index in [-0.39, 0.29) is 18.7 Å². The summed E-state index contributed by atoms with van der Waals surface area (Å²) in [5.41, 5.74) is 0.482. The number of carbonyl (C=O) groups excluding carboxylic acids is 1. The predicted molar refractivity (Wildman–Crippen MR) is 97.3 cm³/mol. The first-order valence-corrected chi connectivity index (χ1v) is 8.98. The SMILES string of the molecule is CCCCCCN=C(NC(=O)c1ccc2c(c1)OCO2)OCC(C)C. The van der Waals surface area contributed by atoms with E-state index in [4.69, 9.17) is 14.2 Å². The van der Waals surface area contributed by atoms with E-state index in [1.165, 1.54) is 12.8 Å². The summed E-state index contributed by atoms with van der Waals surface area (Å²) in [5.74, 6) is 1.31. The second-order valence-electron chi connectivity index (χ2n) is 6.47. The van der Waals surface area contributed by atoms with Crippen LogP contribution in [0.1, 0.15) is 56.8 Å². The summed E-state index contributed by atoms with van der Waals surface area (Å²) in [4.78, 5) is 16.9. The van der Waals surface area contributed by atoms with Gasteiger partial charge in [0, 0.05) is 12.1 Å². The third-order valence-corrected chi connectivity index (χ3v) is 3.68. The van der Waals surface area contributed by atoms with Gasteiger partial charge in [0.15, 0.2) is 11.5 Å². The van der Waals surface area contributed by atoms with Crippen molar-refractivity contribution < 1.29 is 19.0 Å². The van der Waals surface area contributed by atoms with Crippen LogP contribution in [0, 0.1) is 5.92 Å². The van der Waals surface area contributed by atoms with Crippen molar-refractivity contribution in [2.24, 2.45) is 10.9 Å². The first-order chi connectivity index (χ1) is 12.1. The van der Waals surface area contributed by atoms with E-state index >= 15 is 0 Å². The summed E-state index contributed by atoms with van der Waals surface area (Å²) in [6.45, 7) is 7.62. The number of hydrogen-bond acceptors (Lipinski definition) is 5. The van der Waals surface area contributed by atoms with Crippen molar-refractivity contribution in [3.05, 3.63) is 23.8 Å². The Balaban J connectivity index is 1.96. The molecule has 0 saturated carbocycles. The first-order valence-electron chi connectivity index (χ1n) is 8.98. The van der Waals surface area contributed by atoms with Gasteiger partial charge in [-0.25, -0.2) is 4.99 Å². The molecule has 1 aliphatic rings. The van der Waals surface area contributed by atoms with E-state index in [2.05, 4.69) is 31.1 Å². The maximum atomic E-state index is 12.5. The molecule has 0 aliphatic carbocycles. The van der Waals surface area contributed by atoms with Gasteiger partial charge in [0.25, 0.3) is 11.9 Å². The van der Waals surface area contributed by atoms with Crippen molar-refractivity contribution in [3.8, 4) is 11.5 Å². The number of hydrogen-bond donors (Lipinski definition) is 1. The van der Waals surface area contributed by atoms with Crippen LogP contribution in [-0.4, -0.2) is 31.9 Å². The fraction of sp³-hybridized carbons (Fsp3) is 0.579. The fourth-order valence-electron chi connectivity index (χ4n) is 2.29. The zero-order valence-corrected chi connectivity index (χ0v) is 15.3. The van der Waals surface area contributed by atoms with Gasteiger partial charge in [0.2, 0.25) is 6.79 Å². The molecule has 1 aromatic carbocycles. The van der Waals surface area contributed by atoms with Gasteiger partial charge < -0.3 is 14.2 Å². The molecular formula is C19H28N2O4. The largest absolute Gasteiger partial charge is 0.465 e. The predicted octanol–water partition coefficient (Wildman–Crippen LogP) is 3.75. The topological polar surface area (TPSA) is 69.2 Å². The molecule has 0 aromatic heterocycles. The first kappa shape index (κ1) is 19.1. The van der Waals surface area contributed by atoms with Gasteiger partial charge in [-0.3, -0.25) is 10.1 Å². The minimum absolute atomic E-state index is 0.183. The molecule has 1 N–H and O–H groups in total. The van der Waals surface area contributed by atoms with E-state index in [9.17, 15) is 4.79 Å². The summed E-state index contributed by atoms with van der Waals surface area (Å²) in [7, 11) is 0. The molecule has 2 rings (SSSR count). The summed E-state index contributed by atoms with van der Waals surface area (Å²) < 4.78 is 16.2.